The number of nitrogen functional groups attached to an aromatic ring is 1. The normalized spacial score (nSPS) is 16.3. The van der Waals surface area contributed by atoms with Gasteiger partial charge in [-0.3, -0.25) is 4.79 Å². The summed E-state index contributed by atoms with van der Waals surface area (Å²) in [7, 11) is 1.51. The number of amides is 1. The van der Waals surface area contributed by atoms with Gasteiger partial charge in [0.1, 0.15) is 6.33 Å². The molecular formula is C10H15N5O2. The fraction of sp³-hybridized carbons (Fsp3) is 0.500. The monoisotopic (exact) mass is 237 g/mol. The number of methoxy groups -OCH3 is 1. The van der Waals surface area contributed by atoms with E-state index in [9.17, 15) is 4.79 Å². The molecule has 0 atom stereocenters. The third kappa shape index (κ3) is 2.38. The Labute approximate surface area is 99.0 Å². The molecule has 7 heteroatoms. The summed E-state index contributed by atoms with van der Waals surface area (Å²) < 4.78 is 5.18. The highest BCUT2D eigenvalue weighted by molar-refractivity contribution is 5.82. The van der Waals surface area contributed by atoms with Crippen LogP contribution in [0.25, 0.3) is 0 Å². The van der Waals surface area contributed by atoms with Crippen molar-refractivity contribution in [3.63, 3.8) is 0 Å². The molecule has 1 amide bonds. The number of carbonyl (C=O) groups is 1. The first-order chi connectivity index (χ1) is 8.22. The van der Waals surface area contributed by atoms with E-state index in [0.29, 0.717) is 18.1 Å². The van der Waals surface area contributed by atoms with Gasteiger partial charge in [-0.2, -0.15) is 0 Å². The van der Waals surface area contributed by atoms with Gasteiger partial charge in [0.05, 0.1) is 13.7 Å². The summed E-state index contributed by atoms with van der Waals surface area (Å²) in [6.45, 7) is 1.66. The Morgan fingerprint density at radius 3 is 3.12 bits per heavy atom. The third-order valence-electron chi connectivity index (χ3n) is 2.58. The largest absolute Gasteiger partial charge is 0.490 e. The van der Waals surface area contributed by atoms with Crippen LogP contribution in [-0.4, -0.2) is 42.6 Å². The van der Waals surface area contributed by atoms with E-state index in [2.05, 4.69) is 15.3 Å². The minimum Gasteiger partial charge on any atom is -0.490 e. The van der Waals surface area contributed by atoms with Crippen LogP contribution in [0, 0.1) is 0 Å². The summed E-state index contributed by atoms with van der Waals surface area (Å²) in [6.07, 6.45) is 2.23. The van der Waals surface area contributed by atoms with Gasteiger partial charge in [-0.05, 0) is 6.42 Å². The maximum atomic E-state index is 11.5. The van der Waals surface area contributed by atoms with Gasteiger partial charge in [0.25, 0.3) is 0 Å². The lowest BCUT2D eigenvalue weighted by molar-refractivity contribution is -0.119. The van der Waals surface area contributed by atoms with E-state index in [4.69, 9.17) is 10.5 Å². The number of rotatable bonds is 2. The van der Waals surface area contributed by atoms with Crippen molar-refractivity contribution in [2.45, 2.75) is 6.42 Å². The second kappa shape index (κ2) is 4.86. The van der Waals surface area contributed by atoms with E-state index in [1.54, 1.807) is 0 Å². The van der Waals surface area contributed by atoms with Gasteiger partial charge < -0.3 is 20.7 Å². The maximum Gasteiger partial charge on any atom is 0.239 e. The van der Waals surface area contributed by atoms with E-state index >= 15 is 0 Å². The van der Waals surface area contributed by atoms with Crippen LogP contribution in [0.3, 0.4) is 0 Å². The molecule has 0 bridgehead atoms. The van der Waals surface area contributed by atoms with Crippen molar-refractivity contribution in [3.05, 3.63) is 6.33 Å². The summed E-state index contributed by atoms with van der Waals surface area (Å²) in [4.78, 5) is 21.3. The topological polar surface area (TPSA) is 93.4 Å². The quantitative estimate of drug-likeness (QED) is 0.713. The van der Waals surface area contributed by atoms with E-state index in [1.165, 1.54) is 13.4 Å². The molecule has 1 aromatic heterocycles. The van der Waals surface area contributed by atoms with Crippen molar-refractivity contribution >= 4 is 17.5 Å². The predicted octanol–water partition coefficient (Wildman–Crippen LogP) is -0.606. The molecule has 1 aromatic rings. The Hall–Kier alpha value is -2.05. The molecule has 1 saturated heterocycles. The molecule has 2 heterocycles. The highest BCUT2D eigenvalue weighted by atomic mass is 16.5. The van der Waals surface area contributed by atoms with Crippen LogP contribution in [0.5, 0.6) is 5.75 Å². The number of hydrogen-bond donors (Lipinski definition) is 2. The average Bonchev–Trinajstić information content (AvgIpc) is 2.53. The predicted molar refractivity (Wildman–Crippen MR) is 62.8 cm³/mol. The van der Waals surface area contributed by atoms with Crippen molar-refractivity contribution in [2.75, 3.05) is 37.4 Å². The number of nitrogens with one attached hydrogen (secondary N) is 1. The molecule has 0 radical (unpaired) electrons. The fourth-order valence-corrected chi connectivity index (χ4v) is 1.79. The Kier molecular flexibility index (Phi) is 3.27. The smallest absolute Gasteiger partial charge is 0.239 e. The standard InChI is InChI=1S/C10H15N5O2/c1-17-8-9(11)13-6-14-10(8)15-4-2-3-12-7(16)5-15/h6H,2-5H2,1H3,(H,12,16)(H2,11,13,14). The molecule has 1 aliphatic heterocycles. The molecule has 92 valence electrons. The summed E-state index contributed by atoms with van der Waals surface area (Å²) in [5.74, 6) is 1.24. The zero-order valence-corrected chi connectivity index (χ0v) is 9.64. The first-order valence-electron chi connectivity index (χ1n) is 5.38. The van der Waals surface area contributed by atoms with Crippen LogP contribution < -0.4 is 20.7 Å². The molecule has 0 saturated carbocycles. The van der Waals surface area contributed by atoms with Crippen molar-refractivity contribution in [1.29, 1.82) is 0 Å². The minimum absolute atomic E-state index is 0.0262. The Morgan fingerprint density at radius 1 is 1.53 bits per heavy atom. The first kappa shape index (κ1) is 11.4. The molecule has 2 rings (SSSR count). The molecule has 0 aromatic carbocycles. The molecule has 0 unspecified atom stereocenters. The second-order valence-corrected chi connectivity index (χ2v) is 3.74. The Bertz CT molecular complexity index is 423. The molecule has 3 N–H and O–H groups in total. The van der Waals surface area contributed by atoms with Crippen LogP contribution in [-0.2, 0) is 4.79 Å². The van der Waals surface area contributed by atoms with Crippen LogP contribution in [0.1, 0.15) is 6.42 Å². The van der Waals surface area contributed by atoms with Crippen molar-refractivity contribution in [1.82, 2.24) is 15.3 Å². The molecule has 0 spiro atoms. The van der Waals surface area contributed by atoms with Crippen molar-refractivity contribution in [3.8, 4) is 5.75 Å². The van der Waals surface area contributed by atoms with Crippen LogP contribution in [0.15, 0.2) is 6.33 Å². The maximum absolute atomic E-state index is 11.5. The molecule has 7 nitrogen and oxygen atoms in total. The molecule has 17 heavy (non-hydrogen) atoms. The summed E-state index contributed by atoms with van der Waals surface area (Å²) in [5.41, 5.74) is 5.71. The zero-order valence-electron chi connectivity index (χ0n) is 9.64. The van der Waals surface area contributed by atoms with Gasteiger partial charge in [0, 0.05) is 13.1 Å². The molecule has 0 aliphatic carbocycles. The SMILES string of the molecule is COc1c(N)ncnc1N1CCCNC(=O)C1. The lowest BCUT2D eigenvalue weighted by Gasteiger charge is -2.22. The lowest BCUT2D eigenvalue weighted by Crippen LogP contribution is -2.33. The zero-order chi connectivity index (χ0) is 12.3. The highest BCUT2D eigenvalue weighted by Crippen LogP contribution is 2.29. The Morgan fingerprint density at radius 2 is 2.35 bits per heavy atom. The van der Waals surface area contributed by atoms with Crippen molar-refractivity contribution < 1.29 is 9.53 Å². The number of nitrogens with zero attached hydrogens (tertiary/aromatic N) is 3. The Balaban J connectivity index is 2.31. The van der Waals surface area contributed by atoms with Gasteiger partial charge in [-0.25, -0.2) is 9.97 Å². The van der Waals surface area contributed by atoms with Crippen LogP contribution in [0.4, 0.5) is 11.6 Å². The van der Waals surface area contributed by atoms with E-state index in [1.807, 2.05) is 4.90 Å². The van der Waals surface area contributed by atoms with Gasteiger partial charge in [-0.1, -0.05) is 0 Å². The molecule has 1 aliphatic rings. The van der Waals surface area contributed by atoms with E-state index < -0.39 is 0 Å². The first-order valence-corrected chi connectivity index (χ1v) is 5.38. The van der Waals surface area contributed by atoms with Gasteiger partial charge in [0.2, 0.25) is 11.7 Å². The number of carbonyl (C=O) groups excluding carboxylic acids is 1. The molecular weight excluding hydrogens is 222 g/mol. The number of nitrogens with two attached hydrogens (primary N) is 1. The molecule has 1 fully saturated rings. The third-order valence-corrected chi connectivity index (χ3v) is 2.58. The average molecular weight is 237 g/mol. The number of anilines is 2. The van der Waals surface area contributed by atoms with Crippen LogP contribution >= 0.6 is 0 Å². The number of hydrogen-bond acceptors (Lipinski definition) is 6. The highest BCUT2D eigenvalue weighted by Gasteiger charge is 2.21. The summed E-state index contributed by atoms with van der Waals surface area (Å²) in [5, 5.41) is 2.80. The van der Waals surface area contributed by atoms with Gasteiger partial charge >= 0.3 is 0 Å². The van der Waals surface area contributed by atoms with E-state index in [-0.39, 0.29) is 18.3 Å². The van der Waals surface area contributed by atoms with Gasteiger partial charge in [0.15, 0.2) is 11.6 Å². The van der Waals surface area contributed by atoms with Crippen LogP contribution in [0.2, 0.25) is 0 Å². The fourth-order valence-electron chi connectivity index (χ4n) is 1.79. The number of ether oxygens (including phenoxy) is 1. The minimum atomic E-state index is -0.0262. The van der Waals surface area contributed by atoms with Gasteiger partial charge in [-0.15, -0.1) is 0 Å². The number of aromatic nitrogens is 2. The van der Waals surface area contributed by atoms with E-state index in [0.717, 1.165) is 13.0 Å². The van der Waals surface area contributed by atoms with Crippen molar-refractivity contribution in [2.24, 2.45) is 0 Å². The summed E-state index contributed by atoms with van der Waals surface area (Å²) >= 11 is 0. The lowest BCUT2D eigenvalue weighted by atomic mass is 10.3. The summed E-state index contributed by atoms with van der Waals surface area (Å²) in [6, 6.07) is 0. The second-order valence-electron chi connectivity index (χ2n) is 3.74.